The van der Waals surface area contributed by atoms with E-state index in [0.29, 0.717) is 24.7 Å². The highest BCUT2D eigenvalue weighted by Crippen LogP contribution is 2.36. The molecule has 1 saturated heterocycles. The maximum Gasteiger partial charge on any atom is 0.293 e. The highest BCUT2D eigenvalue weighted by molar-refractivity contribution is 7.89. The van der Waals surface area contributed by atoms with Gasteiger partial charge in [-0.15, -0.1) is 0 Å². The standard InChI is InChI=1S/C18H21N3O4S/c1-13-4-2-3-5-16(13)14-8-10-20(11-9-14)17-7-6-15(26(19,24)25)12-18(17)21(22)23/h2-7,12,14H,8-11H2,1H3,(H2,19,24,25). The third-order valence-electron chi connectivity index (χ3n) is 4.94. The number of aryl methyl sites for hydroxylation is 1. The number of nitrogens with zero attached hydrogens (tertiary/aromatic N) is 2. The zero-order chi connectivity index (χ0) is 18.9. The van der Waals surface area contributed by atoms with Gasteiger partial charge in [-0.3, -0.25) is 10.1 Å². The molecule has 1 heterocycles. The van der Waals surface area contributed by atoms with Crippen molar-refractivity contribution < 1.29 is 13.3 Å². The van der Waals surface area contributed by atoms with Crippen molar-refractivity contribution in [2.45, 2.75) is 30.6 Å². The van der Waals surface area contributed by atoms with Crippen LogP contribution in [0.2, 0.25) is 0 Å². The van der Waals surface area contributed by atoms with Crippen LogP contribution < -0.4 is 10.0 Å². The summed E-state index contributed by atoms with van der Waals surface area (Å²) in [6.07, 6.45) is 1.78. The van der Waals surface area contributed by atoms with Gasteiger partial charge in [0.15, 0.2) is 0 Å². The van der Waals surface area contributed by atoms with Crippen molar-refractivity contribution in [2.24, 2.45) is 5.14 Å². The first-order valence-corrected chi connectivity index (χ1v) is 9.93. The minimum Gasteiger partial charge on any atom is -0.366 e. The number of hydrogen-bond acceptors (Lipinski definition) is 5. The van der Waals surface area contributed by atoms with Crippen molar-refractivity contribution in [1.29, 1.82) is 0 Å². The Bertz CT molecular complexity index is 935. The fourth-order valence-electron chi connectivity index (χ4n) is 3.57. The molecule has 0 aromatic heterocycles. The molecule has 2 N–H and O–H groups in total. The minimum absolute atomic E-state index is 0.231. The molecule has 2 aromatic rings. The molecule has 1 fully saturated rings. The monoisotopic (exact) mass is 375 g/mol. The van der Waals surface area contributed by atoms with Gasteiger partial charge >= 0.3 is 0 Å². The Morgan fingerprint density at radius 2 is 1.81 bits per heavy atom. The number of sulfonamides is 1. The summed E-state index contributed by atoms with van der Waals surface area (Å²) in [5.41, 5.74) is 2.79. The molecule has 0 unspecified atom stereocenters. The van der Waals surface area contributed by atoms with Gasteiger partial charge in [0, 0.05) is 19.2 Å². The third-order valence-corrected chi connectivity index (χ3v) is 5.85. The number of rotatable bonds is 4. The van der Waals surface area contributed by atoms with Crippen LogP contribution in [0.5, 0.6) is 0 Å². The Kier molecular flexibility index (Phi) is 4.97. The summed E-state index contributed by atoms with van der Waals surface area (Å²) >= 11 is 0. The van der Waals surface area contributed by atoms with Gasteiger partial charge in [0.05, 0.1) is 9.82 Å². The molecule has 1 aliphatic rings. The number of primary sulfonamides is 1. The van der Waals surface area contributed by atoms with Gasteiger partial charge in [-0.05, 0) is 48.9 Å². The Morgan fingerprint density at radius 3 is 2.38 bits per heavy atom. The zero-order valence-electron chi connectivity index (χ0n) is 14.5. The number of hydrogen-bond donors (Lipinski definition) is 1. The van der Waals surface area contributed by atoms with E-state index in [1.54, 1.807) is 0 Å². The van der Waals surface area contributed by atoms with Gasteiger partial charge in [-0.2, -0.15) is 0 Å². The first kappa shape index (κ1) is 18.3. The Balaban J connectivity index is 1.83. The smallest absolute Gasteiger partial charge is 0.293 e. The van der Waals surface area contributed by atoms with Crippen LogP contribution >= 0.6 is 0 Å². The van der Waals surface area contributed by atoms with E-state index in [-0.39, 0.29) is 10.6 Å². The lowest BCUT2D eigenvalue weighted by Crippen LogP contribution is -2.33. The van der Waals surface area contributed by atoms with Crippen LogP contribution in [-0.2, 0) is 10.0 Å². The number of nitro groups is 1. The quantitative estimate of drug-likeness (QED) is 0.653. The van der Waals surface area contributed by atoms with Crippen LogP contribution in [-0.4, -0.2) is 26.4 Å². The van der Waals surface area contributed by atoms with Crippen LogP contribution in [0.15, 0.2) is 47.4 Å². The SMILES string of the molecule is Cc1ccccc1C1CCN(c2ccc(S(N)(=O)=O)cc2[N+](=O)[O-])CC1. The van der Waals surface area contributed by atoms with Gasteiger partial charge in [0.25, 0.3) is 5.69 Å². The number of anilines is 1. The van der Waals surface area contributed by atoms with Gasteiger partial charge in [0.2, 0.25) is 10.0 Å². The van der Waals surface area contributed by atoms with Crippen LogP contribution in [0.1, 0.15) is 29.9 Å². The molecule has 1 aliphatic heterocycles. The van der Waals surface area contributed by atoms with Crippen molar-refractivity contribution in [3.05, 3.63) is 63.7 Å². The molecule has 3 rings (SSSR count). The van der Waals surface area contributed by atoms with E-state index < -0.39 is 14.9 Å². The van der Waals surface area contributed by atoms with Crippen molar-refractivity contribution in [2.75, 3.05) is 18.0 Å². The van der Waals surface area contributed by atoms with E-state index in [9.17, 15) is 18.5 Å². The lowest BCUT2D eigenvalue weighted by atomic mass is 9.87. The zero-order valence-corrected chi connectivity index (χ0v) is 15.3. The van der Waals surface area contributed by atoms with Crippen molar-refractivity contribution in [1.82, 2.24) is 0 Å². The number of piperidine rings is 1. The first-order chi connectivity index (χ1) is 12.3. The van der Waals surface area contributed by atoms with Crippen LogP contribution in [0.4, 0.5) is 11.4 Å². The summed E-state index contributed by atoms with van der Waals surface area (Å²) < 4.78 is 22.9. The maximum atomic E-state index is 11.5. The van der Waals surface area contributed by atoms with E-state index in [1.165, 1.54) is 23.3 Å². The predicted octanol–water partition coefficient (Wildman–Crippen LogP) is 2.93. The van der Waals surface area contributed by atoms with Crippen molar-refractivity contribution in [3.63, 3.8) is 0 Å². The molecule has 0 bridgehead atoms. The molecule has 2 aromatic carbocycles. The minimum atomic E-state index is -3.98. The van der Waals surface area contributed by atoms with Crippen LogP contribution in [0, 0.1) is 17.0 Å². The summed E-state index contributed by atoms with van der Waals surface area (Å²) in [4.78, 5) is 12.6. The molecule has 0 atom stereocenters. The largest absolute Gasteiger partial charge is 0.366 e. The van der Waals surface area contributed by atoms with E-state index in [4.69, 9.17) is 5.14 Å². The summed E-state index contributed by atoms with van der Waals surface area (Å²) in [7, 11) is -3.98. The fourth-order valence-corrected chi connectivity index (χ4v) is 4.10. The van der Waals surface area contributed by atoms with Crippen molar-refractivity contribution >= 4 is 21.4 Å². The first-order valence-electron chi connectivity index (χ1n) is 8.39. The van der Waals surface area contributed by atoms with Gasteiger partial charge < -0.3 is 4.90 Å². The number of nitrogens with two attached hydrogens (primary N) is 1. The van der Waals surface area contributed by atoms with E-state index in [0.717, 1.165) is 18.9 Å². The van der Waals surface area contributed by atoms with Crippen molar-refractivity contribution in [3.8, 4) is 0 Å². The molecule has 8 heteroatoms. The summed E-state index contributed by atoms with van der Waals surface area (Å²) in [6.45, 7) is 3.45. The average molecular weight is 375 g/mol. The molecular weight excluding hydrogens is 354 g/mol. The molecule has 26 heavy (non-hydrogen) atoms. The molecule has 0 saturated carbocycles. The molecule has 0 spiro atoms. The van der Waals surface area contributed by atoms with E-state index in [1.807, 2.05) is 17.0 Å². The maximum absolute atomic E-state index is 11.5. The van der Waals surface area contributed by atoms with E-state index in [2.05, 4.69) is 19.1 Å². The highest BCUT2D eigenvalue weighted by atomic mass is 32.2. The van der Waals surface area contributed by atoms with Gasteiger partial charge in [0.1, 0.15) is 5.69 Å². The predicted molar refractivity (Wildman–Crippen MR) is 99.8 cm³/mol. The molecule has 7 nitrogen and oxygen atoms in total. The van der Waals surface area contributed by atoms with Gasteiger partial charge in [-0.1, -0.05) is 24.3 Å². The summed E-state index contributed by atoms with van der Waals surface area (Å²) in [5, 5.41) is 16.5. The average Bonchev–Trinajstić information content (AvgIpc) is 2.61. The van der Waals surface area contributed by atoms with E-state index >= 15 is 0 Å². The topological polar surface area (TPSA) is 107 Å². The second kappa shape index (κ2) is 7.05. The Morgan fingerprint density at radius 1 is 1.15 bits per heavy atom. The van der Waals surface area contributed by atoms with Gasteiger partial charge in [-0.25, -0.2) is 13.6 Å². The summed E-state index contributed by atoms with van der Waals surface area (Å²) in [5.74, 6) is 0.426. The molecule has 0 radical (unpaired) electrons. The second-order valence-electron chi connectivity index (χ2n) is 6.57. The Hall–Kier alpha value is -2.45. The lowest BCUT2D eigenvalue weighted by molar-refractivity contribution is -0.384. The molecular formula is C18H21N3O4S. The molecule has 0 aliphatic carbocycles. The Labute approximate surface area is 152 Å². The molecule has 0 amide bonds. The van der Waals surface area contributed by atoms with Crippen LogP contribution in [0.25, 0.3) is 0 Å². The molecule has 138 valence electrons. The lowest BCUT2D eigenvalue weighted by Gasteiger charge is -2.34. The highest BCUT2D eigenvalue weighted by Gasteiger charge is 2.27. The van der Waals surface area contributed by atoms with Crippen LogP contribution in [0.3, 0.4) is 0 Å². The fraction of sp³-hybridized carbons (Fsp3) is 0.333. The second-order valence-corrected chi connectivity index (χ2v) is 8.13. The normalized spacial score (nSPS) is 15.8. The number of benzene rings is 2. The number of nitro benzene ring substituents is 1. The summed E-state index contributed by atoms with van der Waals surface area (Å²) in [6, 6.07) is 12.1. The third kappa shape index (κ3) is 3.71.